The summed E-state index contributed by atoms with van der Waals surface area (Å²) in [7, 11) is 0. The molecule has 0 bridgehead atoms. The number of fused-ring (bicyclic) bond motifs is 1. The Morgan fingerprint density at radius 3 is 3.00 bits per heavy atom. The fourth-order valence-corrected chi connectivity index (χ4v) is 5.07. The minimum atomic E-state index is -0.113. The van der Waals surface area contributed by atoms with Gasteiger partial charge in [0, 0.05) is 28.1 Å². The van der Waals surface area contributed by atoms with Gasteiger partial charge in [-0.3, -0.25) is 4.79 Å². The molecule has 1 amide bonds. The first-order valence-electron chi connectivity index (χ1n) is 9.09. The Hall–Kier alpha value is -1.99. The van der Waals surface area contributed by atoms with Crippen molar-refractivity contribution in [2.75, 3.05) is 23.3 Å². The van der Waals surface area contributed by atoms with Crippen molar-refractivity contribution in [2.45, 2.75) is 26.7 Å². The lowest BCUT2D eigenvalue weighted by Gasteiger charge is -2.32. The number of amides is 1. The third-order valence-corrected chi connectivity index (χ3v) is 6.42. The number of piperidine rings is 1. The Morgan fingerprint density at radius 1 is 1.37 bits per heavy atom. The van der Waals surface area contributed by atoms with E-state index in [-0.39, 0.29) is 5.91 Å². The normalized spacial score (nSPS) is 17.3. The molecule has 0 spiro atoms. The first-order chi connectivity index (χ1) is 13.0. The van der Waals surface area contributed by atoms with E-state index in [4.69, 9.17) is 0 Å². The van der Waals surface area contributed by atoms with Crippen LogP contribution < -0.4 is 10.2 Å². The number of carbonyl (C=O) groups is 1. The fourth-order valence-electron chi connectivity index (χ4n) is 3.68. The second-order valence-electron chi connectivity index (χ2n) is 7.07. The number of nitrogens with zero attached hydrogens (tertiary/aromatic N) is 3. The summed E-state index contributed by atoms with van der Waals surface area (Å²) >= 11 is 5.00. The van der Waals surface area contributed by atoms with Crippen LogP contribution in [0, 0.1) is 12.8 Å². The molecule has 3 heterocycles. The number of hydrogen-bond acceptors (Lipinski definition) is 5. The summed E-state index contributed by atoms with van der Waals surface area (Å²) in [6, 6.07) is 7.62. The summed E-state index contributed by atoms with van der Waals surface area (Å²) in [4.78, 5) is 26.3. The molecular weight excluding hydrogens is 424 g/mol. The molecule has 0 radical (unpaired) electrons. The van der Waals surface area contributed by atoms with Gasteiger partial charge in [-0.2, -0.15) is 0 Å². The van der Waals surface area contributed by atoms with Gasteiger partial charge < -0.3 is 10.2 Å². The third-order valence-electron chi connectivity index (χ3n) is 4.91. The SMILES string of the molecule is Cc1sc2ncnc(N3CCC[C@H](C)C3)c2c1C(=O)Nc1cccc(Br)c1. The predicted octanol–water partition coefficient (Wildman–Crippen LogP) is 5.25. The Morgan fingerprint density at radius 2 is 2.22 bits per heavy atom. The van der Waals surface area contributed by atoms with E-state index >= 15 is 0 Å². The summed E-state index contributed by atoms with van der Waals surface area (Å²) in [6.45, 7) is 6.18. The van der Waals surface area contributed by atoms with Crippen molar-refractivity contribution >= 4 is 54.9 Å². The topological polar surface area (TPSA) is 58.1 Å². The quantitative estimate of drug-likeness (QED) is 0.598. The molecule has 7 heteroatoms. The summed E-state index contributed by atoms with van der Waals surface area (Å²) in [5, 5.41) is 3.90. The van der Waals surface area contributed by atoms with Gasteiger partial charge in [-0.25, -0.2) is 9.97 Å². The van der Waals surface area contributed by atoms with E-state index in [1.807, 2.05) is 31.2 Å². The number of halogens is 1. The Bertz CT molecular complexity index is 1000. The van der Waals surface area contributed by atoms with Crippen LogP contribution in [0.3, 0.4) is 0 Å². The van der Waals surface area contributed by atoms with Crippen molar-refractivity contribution in [3.63, 3.8) is 0 Å². The molecule has 0 aliphatic carbocycles. The third kappa shape index (κ3) is 3.71. The molecule has 140 valence electrons. The lowest BCUT2D eigenvalue weighted by Crippen LogP contribution is -2.35. The molecule has 4 rings (SSSR count). The van der Waals surface area contributed by atoms with E-state index in [1.165, 1.54) is 6.42 Å². The molecular formula is C20H21BrN4OS. The largest absolute Gasteiger partial charge is 0.356 e. The Labute approximate surface area is 171 Å². The number of anilines is 2. The molecule has 1 atom stereocenters. The number of hydrogen-bond donors (Lipinski definition) is 1. The number of aryl methyl sites for hydroxylation is 1. The number of carbonyl (C=O) groups excluding carboxylic acids is 1. The Kier molecular flexibility index (Phi) is 5.14. The van der Waals surface area contributed by atoms with Crippen LogP contribution in [-0.4, -0.2) is 29.0 Å². The number of benzene rings is 1. The zero-order valence-electron chi connectivity index (χ0n) is 15.3. The standard InChI is InChI=1S/C20H21BrN4OS/c1-12-5-4-8-25(10-12)18-17-16(13(2)27-20(17)23-11-22-18)19(26)24-15-7-3-6-14(21)9-15/h3,6-7,9,11-12H,4-5,8,10H2,1-2H3,(H,24,26)/t12-/m0/s1. The number of rotatable bonds is 3. The van der Waals surface area contributed by atoms with E-state index in [2.05, 4.69) is 43.0 Å². The lowest BCUT2D eigenvalue weighted by atomic mass is 10.00. The van der Waals surface area contributed by atoms with E-state index in [9.17, 15) is 4.79 Å². The molecule has 1 fully saturated rings. The van der Waals surface area contributed by atoms with Crippen molar-refractivity contribution in [3.8, 4) is 0 Å². The van der Waals surface area contributed by atoms with Gasteiger partial charge in [0.05, 0.1) is 10.9 Å². The van der Waals surface area contributed by atoms with Crippen LogP contribution in [0.15, 0.2) is 35.1 Å². The fraction of sp³-hybridized carbons (Fsp3) is 0.350. The smallest absolute Gasteiger partial charge is 0.257 e. The molecule has 1 aromatic carbocycles. The molecule has 2 aromatic heterocycles. The van der Waals surface area contributed by atoms with Crippen LogP contribution in [0.5, 0.6) is 0 Å². The maximum absolute atomic E-state index is 13.1. The Balaban J connectivity index is 1.76. The van der Waals surface area contributed by atoms with Gasteiger partial charge in [0.15, 0.2) is 0 Å². The van der Waals surface area contributed by atoms with Crippen LogP contribution in [0.1, 0.15) is 35.0 Å². The van der Waals surface area contributed by atoms with Crippen molar-refractivity contribution in [1.82, 2.24) is 9.97 Å². The van der Waals surface area contributed by atoms with Gasteiger partial charge in [-0.1, -0.05) is 28.9 Å². The monoisotopic (exact) mass is 444 g/mol. The molecule has 1 N–H and O–H groups in total. The van der Waals surface area contributed by atoms with E-state index < -0.39 is 0 Å². The van der Waals surface area contributed by atoms with Crippen molar-refractivity contribution < 1.29 is 4.79 Å². The summed E-state index contributed by atoms with van der Waals surface area (Å²) in [5.41, 5.74) is 1.45. The maximum atomic E-state index is 13.1. The van der Waals surface area contributed by atoms with E-state index in [1.54, 1.807) is 17.7 Å². The van der Waals surface area contributed by atoms with Crippen molar-refractivity contribution in [3.05, 3.63) is 45.5 Å². The number of thiophene rings is 1. The maximum Gasteiger partial charge on any atom is 0.257 e. The van der Waals surface area contributed by atoms with E-state index in [0.717, 1.165) is 50.6 Å². The molecule has 27 heavy (non-hydrogen) atoms. The van der Waals surface area contributed by atoms with Gasteiger partial charge in [0.2, 0.25) is 0 Å². The zero-order chi connectivity index (χ0) is 19.0. The minimum absolute atomic E-state index is 0.113. The zero-order valence-corrected chi connectivity index (χ0v) is 17.7. The molecule has 3 aromatic rings. The average molecular weight is 445 g/mol. The van der Waals surface area contributed by atoms with Crippen LogP contribution in [0.2, 0.25) is 0 Å². The molecule has 1 saturated heterocycles. The number of aromatic nitrogens is 2. The minimum Gasteiger partial charge on any atom is -0.356 e. The molecule has 5 nitrogen and oxygen atoms in total. The molecule has 0 unspecified atom stereocenters. The molecule has 1 aliphatic heterocycles. The van der Waals surface area contributed by atoms with Gasteiger partial charge in [0.1, 0.15) is 17.0 Å². The highest BCUT2D eigenvalue weighted by Gasteiger charge is 2.25. The van der Waals surface area contributed by atoms with Gasteiger partial charge in [-0.05, 0) is 43.9 Å². The van der Waals surface area contributed by atoms with Crippen LogP contribution in [0.25, 0.3) is 10.2 Å². The first-order valence-corrected chi connectivity index (χ1v) is 10.7. The average Bonchev–Trinajstić information content (AvgIpc) is 2.97. The summed E-state index contributed by atoms with van der Waals surface area (Å²) < 4.78 is 0.929. The summed E-state index contributed by atoms with van der Waals surface area (Å²) in [5.74, 6) is 1.40. The highest BCUT2D eigenvalue weighted by molar-refractivity contribution is 9.10. The van der Waals surface area contributed by atoms with Crippen molar-refractivity contribution in [1.29, 1.82) is 0 Å². The molecule has 1 aliphatic rings. The second-order valence-corrected chi connectivity index (χ2v) is 9.19. The number of nitrogens with one attached hydrogen (secondary N) is 1. The van der Waals surface area contributed by atoms with Gasteiger partial charge >= 0.3 is 0 Å². The second kappa shape index (κ2) is 7.56. The highest BCUT2D eigenvalue weighted by atomic mass is 79.9. The van der Waals surface area contributed by atoms with Gasteiger partial charge in [-0.15, -0.1) is 11.3 Å². The van der Waals surface area contributed by atoms with Crippen LogP contribution >= 0.6 is 27.3 Å². The van der Waals surface area contributed by atoms with Crippen LogP contribution in [-0.2, 0) is 0 Å². The predicted molar refractivity (Wildman–Crippen MR) is 115 cm³/mol. The highest BCUT2D eigenvalue weighted by Crippen LogP contribution is 2.36. The van der Waals surface area contributed by atoms with Crippen LogP contribution in [0.4, 0.5) is 11.5 Å². The first kappa shape index (κ1) is 18.4. The van der Waals surface area contributed by atoms with Crippen molar-refractivity contribution in [2.24, 2.45) is 5.92 Å². The lowest BCUT2D eigenvalue weighted by molar-refractivity contribution is 0.102. The summed E-state index contributed by atoms with van der Waals surface area (Å²) in [6.07, 6.45) is 4.00. The van der Waals surface area contributed by atoms with Gasteiger partial charge in [0.25, 0.3) is 5.91 Å². The molecule has 0 saturated carbocycles. The van der Waals surface area contributed by atoms with E-state index in [0.29, 0.717) is 11.5 Å².